The first-order valence-corrected chi connectivity index (χ1v) is 6.98. The zero-order chi connectivity index (χ0) is 13.1. The Bertz CT molecular complexity index is 376. The van der Waals surface area contributed by atoms with Crippen LogP contribution in [0.15, 0.2) is 10.5 Å². The Kier molecular flexibility index (Phi) is 4.46. The average molecular weight is 251 g/mol. The second-order valence-electron chi connectivity index (χ2n) is 5.85. The topological polar surface area (TPSA) is 48.4 Å². The minimum Gasteiger partial charge on any atom is -0.465 e. The van der Waals surface area contributed by atoms with Crippen molar-refractivity contribution in [2.75, 3.05) is 0 Å². The summed E-state index contributed by atoms with van der Waals surface area (Å²) in [6, 6.07) is 2.02. The lowest BCUT2D eigenvalue weighted by Crippen LogP contribution is -2.26. The van der Waals surface area contributed by atoms with Gasteiger partial charge >= 0.3 is 0 Å². The molecule has 3 heteroatoms. The minimum absolute atomic E-state index is 0.402. The molecule has 0 radical (unpaired) electrons. The van der Waals surface area contributed by atoms with Gasteiger partial charge in [-0.1, -0.05) is 13.8 Å². The molecule has 0 saturated heterocycles. The van der Waals surface area contributed by atoms with E-state index >= 15 is 0 Å². The first-order chi connectivity index (χ1) is 8.58. The molecule has 3 nitrogen and oxygen atoms in total. The van der Waals surface area contributed by atoms with Gasteiger partial charge in [0.1, 0.15) is 11.5 Å². The molecule has 2 atom stereocenters. The Labute approximate surface area is 110 Å². The van der Waals surface area contributed by atoms with E-state index in [1.54, 1.807) is 0 Å². The maximum atomic E-state index is 6.05. The SMILES string of the molecule is Cc1oc(CN)cc1COC1CC(C)CC(C)C1. The first-order valence-electron chi connectivity index (χ1n) is 6.98. The van der Waals surface area contributed by atoms with Crippen molar-refractivity contribution < 1.29 is 9.15 Å². The van der Waals surface area contributed by atoms with E-state index in [9.17, 15) is 0 Å². The summed E-state index contributed by atoms with van der Waals surface area (Å²) in [4.78, 5) is 0. The van der Waals surface area contributed by atoms with Crippen LogP contribution >= 0.6 is 0 Å². The molecule has 0 amide bonds. The van der Waals surface area contributed by atoms with Gasteiger partial charge in [-0.3, -0.25) is 0 Å². The van der Waals surface area contributed by atoms with Gasteiger partial charge in [-0.15, -0.1) is 0 Å². The van der Waals surface area contributed by atoms with Gasteiger partial charge in [0, 0.05) is 5.56 Å². The van der Waals surface area contributed by atoms with Crippen LogP contribution in [0.3, 0.4) is 0 Å². The third-order valence-corrected chi connectivity index (χ3v) is 3.88. The lowest BCUT2D eigenvalue weighted by Gasteiger charge is -2.31. The van der Waals surface area contributed by atoms with Gasteiger partial charge in [0.25, 0.3) is 0 Å². The van der Waals surface area contributed by atoms with Gasteiger partial charge < -0.3 is 14.9 Å². The summed E-state index contributed by atoms with van der Waals surface area (Å²) in [5.74, 6) is 3.34. The predicted octanol–water partition coefficient (Wildman–Crippen LogP) is 3.39. The quantitative estimate of drug-likeness (QED) is 0.892. The summed E-state index contributed by atoms with van der Waals surface area (Å²) in [7, 11) is 0. The highest BCUT2D eigenvalue weighted by Crippen LogP contribution is 2.31. The van der Waals surface area contributed by atoms with E-state index in [0.29, 0.717) is 19.3 Å². The van der Waals surface area contributed by atoms with Crippen molar-refractivity contribution in [3.05, 3.63) is 23.2 Å². The largest absolute Gasteiger partial charge is 0.465 e. The molecule has 18 heavy (non-hydrogen) atoms. The summed E-state index contributed by atoms with van der Waals surface area (Å²) in [6.45, 7) is 7.73. The highest BCUT2D eigenvalue weighted by molar-refractivity contribution is 5.19. The molecule has 1 aromatic heterocycles. The molecule has 1 saturated carbocycles. The Hall–Kier alpha value is -0.800. The zero-order valence-electron chi connectivity index (χ0n) is 11.7. The Morgan fingerprint density at radius 2 is 1.94 bits per heavy atom. The van der Waals surface area contributed by atoms with Crippen molar-refractivity contribution in [1.82, 2.24) is 0 Å². The second kappa shape index (κ2) is 5.89. The van der Waals surface area contributed by atoms with Crippen LogP contribution in [0.5, 0.6) is 0 Å². The molecule has 0 bridgehead atoms. The normalized spacial score (nSPS) is 28.6. The predicted molar refractivity (Wildman–Crippen MR) is 72.1 cm³/mol. The lowest BCUT2D eigenvalue weighted by molar-refractivity contribution is -0.00953. The van der Waals surface area contributed by atoms with Crippen molar-refractivity contribution in [2.24, 2.45) is 17.6 Å². The summed E-state index contributed by atoms with van der Waals surface area (Å²) in [5.41, 5.74) is 6.71. The fourth-order valence-electron chi connectivity index (χ4n) is 3.05. The Balaban J connectivity index is 1.88. The fraction of sp³-hybridized carbons (Fsp3) is 0.733. The van der Waals surface area contributed by atoms with Crippen LogP contribution in [0.1, 0.15) is 50.2 Å². The highest BCUT2D eigenvalue weighted by Gasteiger charge is 2.24. The minimum atomic E-state index is 0.402. The van der Waals surface area contributed by atoms with Crippen LogP contribution in [-0.4, -0.2) is 6.10 Å². The lowest BCUT2D eigenvalue weighted by atomic mass is 9.82. The van der Waals surface area contributed by atoms with Crippen LogP contribution in [-0.2, 0) is 17.9 Å². The molecule has 102 valence electrons. The maximum Gasteiger partial charge on any atom is 0.118 e. The maximum absolute atomic E-state index is 6.05. The smallest absolute Gasteiger partial charge is 0.118 e. The highest BCUT2D eigenvalue weighted by atomic mass is 16.5. The molecular weight excluding hydrogens is 226 g/mol. The van der Waals surface area contributed by atoms with E-state index in [0.717, 1.165) is 28.9 Å². The summed E-state index contributed by atoms with van der Waals surface area (Å²) < 4.78 is 11.6. The molecule has 2 rings (SSSR count). The number of hydrogen-bond donors (Lipinski definition) is 1. The molecule has 0 aliphatic heterocycles. The molecular formula is C15H25NO2. The first kappa shape index (κ1) is 13.6. The number of ether oxygens (including phenoxy) is 1. The van der Waals surface area contributed by atoms with E-state index in [-0.39, 0.29) is 0 Å². The molecule has 1 heterocycles. The van der Waals surface area contributed by atoms with E-state index in [1.807, 2.05) is 13.0 Å². The number of rotatable bonds is 4. The molecule has 0 aromatic carbocycles. The third-order valence-electron chi connectivity index (χ3n) is 3.88. The summed E-state index contributed by atoms with van der Waals surface area (Å²) in [5, 5.41) is 0. The van der Waals surface area contributed by atoms with Gasteiger partial charge in [-0.2, -0.15) is 0 Å². The van der Waals surface area contributed by atoms with Crippen LogP contribution in [0.25, 0.3) is 0 Å². The molecule has 1 aliphatic rings. The monoisotopic (exact) mass is 251 g/mol. The van der Waals surface area contributed by atoms with E-state index in [4.69, 9.17) is 14.9 Å². The standard InChI is InChI=1S/C15H25NO2/c1-10-4-11(2)6-14(5-10)17-9-13-7-15(8-16)18-12(13)3/h7,10-11,14H,4-6,8-9,16H2,1-3H3. The van der Waals surface area contributed by atoms with E-state index in [1.165, 1.54) is 19.3 Å². The van der Waals surface area contributed by atoms with Crippen molar-refractivity contribution in [3.63, 3.8) is 0 Å². The average Bonchev–Trinajstić information content (AvgIpc) is 2.66. The van der Waals surface area contributed by atoms with Crippen molar-refractivity contribution in [1.29, 1.82) is 0 Å². The van der Waals surface area contributed by atoms with Gasteiger partial charge in [-0.25, -0.2) is 0 Å². The number of furan rings is 1. The third kappa shape index (κ3) is 3.36. The molecule has 1 aliphatic carbocycles. The second-order valence-corrected chi connectivity index (χ2v) is 5.85. The van der Waals surface area contributed by atoms with Crippen molar-refractivity contribution >= 4 is 0 Å². The van der Waals surface area contributed by atoms with E-state index < -0.39 is 0 Å². The molecule has 2 unspecified atom stereocenters. The van der Waals surface area contributed by atoms with Crippen LogP contribution < -0.4 is 5.73 Å². The van der Waals surface area contributed by atoms with Crippen LogP contribution in [0, 0.1) is 18.8 Å². The molecule has 1 fully saturated rings. The molecule has 0 spiro atoms. The van der Waals surface area contributed by atoms with Crippen LogP contribution in [0.2, 0.25) is 0 Å². The number of aryl methyl sites for hydroxylation is 1. The zero-order valence-corrected chi connectivity index (χ0v) is 11.7. The number of hydrogen-bond acceptors (Lipinski definition) is 3. The van der Waals surface area contributed by atoms with Crippen LogP contribution in [0.4, 0.5) is 0 Å². The molecule has 2 N–H and O–H groups in total. The van der Waals surface area contributed by atoms with Gasteiger partial charge in [-0.05, 0) is 44.1 Å². The summed E-state index contributed by atoms with van der Waals surface area (Å²) in [6.07, 6.45) is 4.11. The van der Waals surface area contributed by atoms with Crippen molar-refractivity contribution in [3.8, 4) is 0 Å². The van der Waals surface area contributed by atoms with Gasteiger partial charge in [0.2, 0.25) is 0 Å². The van der Waals surface area contributed by atoms with Crippen molar-refractivity contribution in [2.45, 2.75) is 59.3 Å². The Morgan fingerprint density at radius 1 is 1.28 bits per heavy atom. The van der Waals surface area contributed by atoms with E-state index in [2.05, 4.69) is 13.8 Å². The Morgan fingerprint density at radius 3 is 2.50 bits per heavy atom. The summed E-state index contributed by atoms with van der Waals surface area (Å²) >= 11 is 0. The van der Waals surface area contributed by atoms with Gasteiger partial charge in [0.05, 0.1) is 19.3 Å². The molecule has 1 aromatic rings. The number of nitrogens with two attached hydrogens (primary N) is 1. The fourth-order valence-corrected chi connectivity index (χ4v) is 3.05. The van der Waals surface area contributed by atoms with Gasteiger partial charge in [0.15, 0.2) is 0 Å².